The third-order valence-electron chi connectivity index (χ3n) is 2.50. The number of nitrogens with one attached hydrogen (secondary N) is 1. The van der Waals surface area contributed by atoms with E-state index in [1.54, 1.807) is 12.3 Å². The number of fused-ring (bicyclic) bond motifs is 1. The van der Waals surface area contributed by atoms with E-state index in [9.17, 15) is 13.2 Å². The van der Waals surface area contributed by atoms with E-state index in [4.69, 9.17) is 4.74 Å². The number of hydrogen-bond acceptors (Lipinski definition) is 4. The Kier molecular flexibility index (Phi) is 3.82. The lowest BCUT2D eigenvalue weighted by Crippen LogP contribution is -2.31. The van der Waals surface area contributed by atoms with Crippen LogP contribution in [-0.2, 0) is 0 Å². The number of pyridine rings is 1. The van der Waals surface area contributed by atoms with E-state index < -0.39 is 12.3 Å². The summed E-state index contributed by atoms with van der Waals surface area (Å²) in [7, 11) is 0. The van der Waals surface area contributed by atoms with Gasteiger partial charge in [-0.15, -0.1) is 11.7 Å². The van der Waals surface area contributed by atoms with E-state index in [1.807, 2.05) is 0 Å². The molecule has 0 radical (unpaired) electrons. The van der Waals surface area contributed by atoms with Crippen LogP contribution in [-0.4, -0.2) is 33.4 Å². The summed E-state index contributed by atoms with van der Waals surface area (Å²) < 4.78 is 43.8. The fraction of sp³-hybridized carbons (Fsp3) is 0.333. The van der Waals surface area contributed by atoms with Crippen molar-refractivity contribution in [2.24, 2.45) is 0 Å². The third kappa shape index (κ3) is 3.01. The Morgan fingerprint density at radius 1 is 1.55 bits per heavy atom. The lowest BCUT2D eigenvalue weighted by molar-refractivity contribution is -0.189. The Morgan fingerprint density at radius 2 is 2.30 bits per heavy atom. The fourth-order valence-electron chi connectivity index (χ4n) is 1.47. The molecule has 0 saturated heterocycles. The van der Waals surface area contributed by atoms with E-state index in [0.29, 0.717) is 12.5 Å². The first-order valence-corrected chi connectivity index (χ1v) is 5.85. The first-order chi connectivity index (χ1) is 9.41. The van der Waals surface area contributed by atoms with Crippen molar-refractivity contribution in [2.75, 3.05) is 11.9 Å². The molecule has 0 aliphatic heterocycles. The van der Waals surface area contributed by atoms with Crippen LogP contribution in [0.3, 0.4) is 0 Å². The summed E-state index contributed by atoms with van der Waals surface area (Å²) in [6, 6.07) is 2.96. The van der Waals surface area contributed by atoms with Gasteiger partial charge in [-0.3, -0.25) is 0 Å². The molecule has 2 aromatic rings. The second-order valence-corrected chi connectivity index (χ2v) is 4.05. The predicted octanol–water partition coefficient (Wildman–Crippen LogP) is 2.66. The van der Waals surface area contributed by atoms with Crippen molar-refractivity contribution in [3.05, 3.63) is 31.0 Å². The molecule has 0 fully saturated rings. The molecule has 5 nitrogen and oxygen atoms in total. The van der Waals surface area contributed by atoms with E-state index in [1.165, 1.54) is 16.6 Å². The molecule has 0 aromatic carbocycles. The van der Waals surface area contributed by atoms with Crippen LogP contribution in [0.1, 0.15) is 6.92 Å². The molecule has 2 heterocycles. The van der Waals surface area contributed by atoms with Gasteiger partial charge in [0.25, 0.3) is 0 Å². The number of rotatable bonds is 5. The minimum Gasteiger partial charge on any atom is -0.477 e. The van der Waals surface area contributed by atoms with Gasteiger partial charge in [0.05, 0.1) is 0 Å². The smallest absolute Gasteiger partial charge is 0.425 e. The molecule has 0 bridgehead atoms. The van der Waals surface area contributed by atoms with Gasteiger partial charge < -0.3 is 10.1 Å². The van der Waals surface area contributed by atoms with E-state index in [2.05, 4.69) is 22.0 Å². The first kappa shape index (κ1) is 14.2. The molecular weight excluding hydrogens is 273 g/mol. The zero-order valence-electron chi connectivity index (χ0n) is 10.7. The van der Waals surface area contributed by atoms with Crippen LogP contribution in [0.25, 0.3) is 5.65 Å². The van der Waals surface area contributed by atoms with Gasteiger partial charge in [-0.1, -0.05) is 6.08 Å². The van der Waals surface area contributed by atoms with Crippen molar-refractivity contribution in [1.29, 1.82) is 0 Å². The van der Waals surface area contributed by atoms with Gasteiger partial charge in [0.1, 0.15) is 0 Å². The topological polar surface area (TPSA) is 51.5 Å². The lowest BCUT2D eigenvalue weighted by Gasteiger charge is -2.17. The summed E-state index contributed by atoms with van der Waals surface area (Å²) in [4.78, 5) is 4.09. The van der Waals surface area contributed by atoms with E-state index in [0.717, 1.165) is 6.92 Å². The summed E-state index contributed by atoms with van der Waals surface area (Å²) in [5, 5.41) is 6.92. The van der Waals surface area contributed by atoms with Crippen molar-refractivity contribution in [3.63, 3.8) is 0 Å². The van der Waals surface area contributed by atoms with Crippen molar-refractivity contribution >= 4 is 11.6 Å². The fourth-order valence-corrected chi connectivity index (χ4v) is 1.47. The highest BCUT2D eigenvalue weighted by molar-refractivity contribution is 5.55. The zero-order valence-corrected chi connectivity index (χ0v) is 10.7. The van der Waals surface area contributed by atoms with Crippen LogP contribution in [0.4, 0.5) is 19.1 Å². The van der Waals surface area contributed by atoms with Crippen LogP contribution >= 0.6 is 0 Å². The minimum absolute atomic E-state index is 0.0245. The minimum atomic E-state index is -4.43. The molecule has 0 aliphatic carbocycles. The van der Waals surface area contributed by atoms with Gasteiger partial charge in [0, 0.05) is 12.7 Å². The van der Waals surface area contributed by atoms with Crippen LogP contribution in [0.5, 0.6) is 5.75 Å². The highest BCUT2D eigenvalue weighted by Crippen LogP contribution is 2.27. The Balaban J connectivity index is 2.29. The standard InChI is InChI=1S/C12H13F3N4O/c1-3-6-16-11-17-10-9(5-4-7-19(10)18-11)20-8(2)12(13,14)15/h3-5,7-8H,1,6H2,2H3,(H,16,18). The van der Waals surface area contributed by atoms with Crippen molar-refractivity contribution in [3.8, 4) is 5.75 Å². The van der Waals surface area contributed by atoms with Crippen LogP contribution < -0.4 is 10.1 Å². The van der Waals surface area contributed by atoms with Crippen LogP contribution in [0, 0.1) is 0 Å². The average molecular weight is 286 g/mol. The Morgan fingerprint density at radius 3 is 2.95 bits per heavy atom. The third-order valence-corrected chi connectivity index (χ3v) is 2.50. The van der Waals surface area contributed by atoms with Gasteiger partial charge in [0.15, 0.2) is 17.5 Å². The lowest BCUT2D eigenvalue weighted by atomic mass is 10.4. The maximum atomic E-state index is 12.5. The molecule has 0 aliphatic rings. The summed E-state index contributed by atoms with van der Waals surface area (Å²) in [5.74, 6) is 0.317. The summed E-state index contributed by atoms with van der Waals surface area (Å²) >= 11 is 0. The quantitative estimate of drug-likeness (QED) is 0.859. The number of alkyl halides is 3. The predicted molar refractivity (Wildman–Crippen MR) is 67.8 cm³/mol. The molecular formula is C12H13F3N4O. The average Bonchev–Trinajstić information content (AvgIpc) is 2.79. The highest BCUT2D eigenvalue weighted by atomic mass is 19.4. The highest BCUT2D eigenvalue weighted by Gasteiger charge is 2.38. The Bertz CT molecular complexity index is 608. The number of anilines is 1. The van der Waals surface area contributed by atoms with E-state index >= 15 is 0 Å². The molecule has 1 N–H and O–H groups in total. The monoisotopic (exact) mass is 286 g/mol. The zero-order chi connectivity index (χ0) is 14.8. The first-order valence-electron chi connectivity index (χ1n) is 5.85. The number of hydrogen-bond donors (Lipinski definition) is 1. The summed E-state index contributed by atoms with van der Waals surface area (Å²) in [6.45, 7) is 4.93. The maximum Gasteiger partial charge on any atom is 0.425 e. The number of nitrogens with zero attached hydrogens (tertiary/aromatic N) is 3. The van der Waals surface area contributed by atoms with Crippen LogP contribution in [0.2, 0.25) is 0 Å². The molecule has 0 spiro atoms. The summed E-state index contributed by atoms with van der Waals surface area (Å²) in [6.07, 6.45) is -3.16. The second-order valence-electron chi connectivity index (χ2n) is 4.05. The Hall–Kier alpha value is -2.25. The van der Waals surface area contributed by atoms with Gasteiger partial charge in [-0.2, -0.15) is 18.2 Å². The number of halogens is 3. The van der Waals surface area contributed by atoms with Crippen LogP contribution in [0.15, 0.2) is 31.0 Å². The van der Waals surface area contributed by atoms with Crippen molar-refractivity contribution < 1.29 is 17.9 Å². The molecule has 2 rings (SSSR count). The molecule has 20 heavy (non-hydrogen) atoms. The van der Waals surface area contributed by atoms with Gasteiger partial charge in [-0.05, 0) is 19.1 Å². The van der Waals surface area contributed by atoms with Gasteiger partial charge in [0.2, 0.25) is 5.95 Å². The van der Waals surface area contributed by atoms with Crippen molar-refractivity contribution in [1.82, 2.24) is 14.6 Å². The number of aromatic nitrogens is 3. The normalized spacial score (nSPS) is 13.2. The molecule has 2 aromatic heterocycles. The SMILES string of the molecule is C=CCNc1nc2c(OC(C)C(F)(F)F)cccn2n1. The molecule has 0 saturated carbocycles. The molecule has 108 valence electrons. The summed E-state index contributed by atoms with van der Waals surface area (Å²) in [5.41, 5.74) is 0.218. The molecule has 1 atom stereocenters. The van der Waals surface area contributed by atoms with Crippen molar-refractivity contribution in [2.45, 2.75) is 19.2 Å². The molecule has 1 unspecified atom stereocenters. The van der Waals surface area contributed by atoms with Gasteiger partial charge in [-0.25, -0.2) is 4.52 Å². The second kappa shape index (κ2) is 5.40. The number of ether oxygens (including phenoxy) is 1. The maximum absolute atomic E-state index is 12.5. The van der Waals surface area contributed by atoms with Gasteiger partial charge >= 0.3 is 6.18 Å². The molecule has 8 heteroatoms. The van der Waals surface area contributed by atoms with E-state index in [-0.39, 0.29) is 11.4 Å². The largest absolute Gasteiger partial charge is 0.477 e. The Labute approximate surface area is 113 Å². The molecule has 0 amide bonds.